The van der Waals surface area contributed by atoms with E-state index in [0.717, 1.165) is 28.8 Å². The van der Waals surface area contributed by atoms with Crippen LogP contribution in [0.5, 0.6) is 5.75 Å². The summed E-state index contributed by atoms with van der Waals surface area (Å²) in [7, 11) is 0. The summed E-state index contributed by atoms with van der Waals surface area (Å²) in [5, 5.41) is 40.7. The van der Waals surface area contributed by atoms with E-state index >= 15 is 0 Å². The Bertz CT molecular complexity index is 1650. The third kappa shape index (κ3) is 6.24. The molecule has 2 heterocycles. The molecule has 1 amide bonds. The minimum absolute atomic E-state index is 0.0501. The number of pyridine rings is 1. The molecule has 11 heteroatoms. The number of H-pyrrole nitrogens is 1. The second kappa shape index (κ2) is 12.9. The Labute approximate surface area is 246 Å². The number of carbonyl (C=O) groups is 2. The number of carboxylic acid groups (broad SMARTS) is 1. The van der Waals surface area contributed by atoms with Gasteiger partial charge in [-0.15, -0.1) is 11.3 Å². The summed E-state index contributed by atoms with van der Waals surface area (Å²) >= 11 is 1.35. The quantitative estimate of drug-likeness (QED) is 0.117. The van der Waals surface area contributed by atoms with Crippen LogP contribution < -0.4 is 21.5 Å². The number of aromatic amines is 1. The number of fused-ring (bicyclic) bond motifs is 2. The van der Waals surface area contributed by atoms with Gasteiger partial charge in [0.25, 0.3) is 5.91 Å². The number of benzene rings is 2. The summed E-state index contributed by atoms with van der Waals surface area (Å²) in [5.41, 5.74) is 1.32. The number of aliphatic carboxylic acids is 1. The van der Waals surface area contributed by atoms with E-state index in [1.165, 1.54) is 23.5 Å². The highest BCUT2D eigenvalue weighted by Crippen LogP contribution is 2.37. The lowest BCUT2D eigenvalue weighted by atomic mass is 9.92. The van der Waals surface area contributed by atoms with Gasteiger partial charge in [-0.05, 0) is 73.2 Å². The predicted octanol–water partition coefficient (Wildman–Crippen LogP) is 3.14. The molecular weight excluding hydrogens is 556 g/mol. The van der Waals surface area contributed by atoms with Crippen molar-refractivity contribution < 1.29 is 24.9 Å². The molecule has 2 aromatic heterocycles. The number of amides is 1. The Morgan fingerprint density at radius 1 is 1.02 bits per heavy atom. The lowest BCUT2D eigenvalue weighted by Gasteiger charge is -2.27. The van der Waals surface area contributed by atoms with Crippen molar-refractivity contribution in [3.8, 4) is 5.75 Å². The summed E-state index contributed by atoms with van der Waals surface area (Å²) in [6, 6.07) is 17.3. The van der Waals surface area contributed by atoms with Crippen LogP contribution in [0.4, 0.5) is 0 Å². The summed E-state index contributed by atoms with van der Waals surface area (Å²) in [6.07, 6.45) is 1.91. The topological polar surface area (TPSA) is 164 Å². The van der Waals surface area contributed by atoms with E-state index in [4.69, 9.17) is 0 Å². The molecule has 2 aromatic carbocycles. The number of hydrogen-bond donors (Lipinski definition) is 7. The van der Waals surface area contributed by atoms with E-state index in [-0.39, 0.29) is 17.2 Å². The van der Waals surface area contributed by atoms with Crippen molar-refractivity contribution in [3.63, 3.8) is 0 Å². The van der Waals surface area contributed by atoms with Gasteiger partial charge in [-0.3, -0.25) is 14.9 Å². The number of aliphatic hydroxyl groups is 1. The van der Waals surface area contributed by atoms with Crippen molar-refractivity contribution in [2.75, 3.05) is 19.6 Å². The summed E-state index contributed by atoms with van der Waals surface area (Å²) < 4.78 is 0. The average molecular weight is 591 g/mol. The van der Waals surface area contributed by atoms with Crippen LogP contribution in [0.2, 0.25) is 0 Å². The van der Waals surface area contributed by atoms with Gasteiger partial charge in [-0.25, -0.2) is 4.79 Å². The second-order valence-electron chi connectivity index (χ2n) is 10.5. The second-order valence-corrected chi connectivity index (χ2v) is 11.6. The van der Waals surface area contributed by atoms with Crippen LogP contribution in [0.1, 0.15) is 56.6 Å². The van der Waals surface area contributed by atoms with Crippen molar-refractivity contribution >= 4 is 34.1 Å². The molecule has 42 heavy (non-hydrogen) atoms. The number of hydrogen-bond acceptors (Lipinski definition) is 8. The van der Waals surface area contributed by atoms with E-state index in [0.29, 0.717) is 60.4 Å². The zero-order valence-corrected chi connectivity index (χ0v) is 23.8. The Balaban J connectivity index is 1.03. The number of rotatable bonds is 13. The number of aryl methyl sites for hydroxylation is 1. The number of phenolic OH excluding ortho intramolecular Hbond substituents is 1. The number of nitrogens with one attached hydrogen (secondary N) is 4. The predicted molar refractivity (Wildman–Crippen MR) is 161 cm³/mol. The standard InChI is InChI=1S/C31H34N4O6S/c36-24-10-8-21(22-9-12-27(38)35-28(22)24)25(37)18-32-15-3-4-16-33-29(39)26-11-7-20(42-26)17-34-31(30(40)41)14-13-19-5-1-2-6-23(19)31/h1-2,5-12,25,32,34,36-37H,3-4,13-18H2,(H,33,39)(H,35,38)(H,40,41)/t25-,31?/m0/s1. The molecule has 220 valence electrons. The molecule has 0 bridgehead atoms. The third-order valence-electron chi connectivity index (χ3n) is 7.73. The number of aromatic nitrogens is 1. The highest BCUT2D eigenvalue weighted by atomic mass is 32.1. The molecular formula is C31H34N4O6S. The van der Waals surface area contributed by atoms with E-state index < -0.39 is 17.6 Å². The van der Waals surface area contributed by atoms with Gasteiger partial charge >= 0.3 is 5.97 Å². The molecule has 0 fully saturated rings. The van der Waals surface area contributed by atoms with Gasteiger partial charge in [-0.2, -0.15) is 0 Å². The van der Waals surface area contributed by atoms with E-state index in [9.17, 15) is 29.7 Å². The first-order valence-electron chi connectivity index (χ1n) is 14.0. The first-order chi connectivity index (χ1) is 20.3. The first-order valence-corrected chi connectivity index (χ1v) is 14.8. The molecule has 2 atom stereocenters. The van der Waals surface area contributed by atoms with Crippen molar-refractivity contribution in [3.05, 3.63) is 97.5 Å². The largest absolute Gasteiger partial charge is 0.506 e. The summed E-state index contributed by atoms with van der Waals surface area (Å²) in [6.45, 7) is 1.80. The molecule has 0 saturated heterocycles. The lowest BCUT2D eigenvalue weighted by molar-refractivity contribution is -0.145. The minimum Gasteiger partial charge on any atom is -0.506 e. The average Bonchev–Trinajstić information content (AvgIpc) is 3.62. The van der Waals surface area contributed by atoms with Gasteiger partial charge in [0.05, 0.1) is 16.5 Å². The fraction of sp³-hybridized carbons (Fsp3) is 0.323. The summed E-state index contributed by atoms with van der Waals surface area (Å²) in [5.74, 6) is -1.10. The zero-order valence-electron chi connectivity index (χ0n) is 23.0. The number of carbonyl (C=O) groups excluding carboxylic acids is 1. The molecule has 1 unspecified atom stereocenters. The number of aromatic hydroxyl groups is 1. The van der Waals surface area contributed by atoms with Gasteiger partial charge in [0.1, 0.15) is 11.3 Å². The van der Waals surface area contributed by atoms with E-state index in [1.807, 2.05) is 30.3 Å². The number of unbranched alkanes of at least 4 members (excludes halogenated alkanes) is 1. The smallest absolute Gasteiger partial charge is 0.328 e. The first kappa shape index (κ1) is 29.5. The van der Waals surface area contributed by atoms with Crippen LogP contribution in [0.3, 0.4) is 0 Å². The number of thiophene rings is 1. The van der Waals surface area contributed by atoms with Crippen LogP contribution in [0, 0.1) is 0 Å². The molecule has 1 aliphatic carbocycles. The van der Waals surface area contributed by atoms with E-state index in [1.54, 1.807) is 18.2 Å². The van der Waals surface area contributed by atoms with Crippen LogP contribution in [-0.2, 0) is 23.3 Å². The normalized spacial score (nSPS) is 16.8. The van der Waals surface area contributed by atoms with Crippen molar-refractivity contribution in [1.29, 1.82) is 0 Å². The van der Waals surface area contributed by atoms with Crippen LogP contribution >= 0.6 is 11.3 Å². The molecule has 0 radical (unpaired) electrons. The Kier molecular flexibility index (Phi) is 9.03. The van der Waals surface area contributed by atoms with Gasteiger partial charge in [0, 0.05) is 36.0 Å². The van der Waals surface area contributed by atoms with Crippen molar-refractivity contribution in [2.45, 2.75) is 43.9 Å². The molecule has 5 rings (SSSR count). The van der Waals surface area contributed by atoms with Crippen molar-refractivity contribution in [1.82, 2.24) is 20.9 Å². The van der Waals surface area contributed by atoms with Gasteiger partial charge < -0.3 is 30.9 Å². The lowest BCUT2D eigenvalue weighted by Crippen LogP contribution is -2.47. The van der Waals surface area contributed by atoms with Gasteiger partial charge in [-0.1, -0.05) is 30.3 Å². The maximum absolute atomic E-state index is 12.6. The van der Waals surface area contributed by atoms with Crippen LogP contribution in [-0.4, -0.2) is 51.8 Å². The molecule has 1 aliphatic rings. The number of phenols is 1. The van der Waals surface area contributed by atoms with E-state index in [2.05, 4.69) is 20.9 Å². The maximum Gasteiger partial charge on any atom is 0.328 e. The van der Waals surface area contributed by atoms with Gasteiger partial charge in [0.2, 0.25) is 5.56 Å². The maximum atomic E-state index is 12.6. The minimum atomic E-state index is -1.12. The molecule has 0 spiro atoms. The summed E-state index contributed by atoms with van der Waals surface area (Å²) in [4.78, 5) is 40.5. The third-order valence-corrected chi connectivity index (χ3v) is 8.81. The molecule has 4 aromatic rings. The van der Waals surface area contributed by atoms with Crippen molar-refractivity contribution in [2.24, 2.45) is 0 Å². The zero-order chi connectivity index (χ0) is 29.7. The highest BCUT2D eigenvalue weighted by Gasteiger charge is 2.45. The fourth-order valence-corrected chi connectivity index (χ4v) is 6.35. The molecule has 0 aliphatic heterocycles. The Morgan fingerprint density at radius 3 is 2.67 bits per heavy atom. The number of carboxylic acids is 1. The monoisotopic (exact) mass is 590 g/mol. The number of aliphatic hydroxyl groups excluding tert-OH is 1. The van der Waals surface area contributed by atoms with Crippen LogP contribution in [0.15, 0.2) is 65.5 Å². The molecule has 10 nitrogen and oxygen atoms in total. The SMILES string of the molecule is O=C(NCCCCNC[C@H](O)c1ccc(O)c2[nH]c(=O)ccc12)c1ccc(CNC2(C(=O)O)CCc3ccccc32)s1. The van der Waals surface area contributed by atoms with Crippen LogP contribution in [0.25, 0.3) is 10.9 Å². The molecule has 7 N–H and O–H groups in total. The molecule has 0 saturated carbocycles. The highest BCUT2D eigenvalue weighted by molar-refractivity contribution is 7.14. The Hall–Kier alpha value is -4.03. The fourth-order valence-electron chi connectivity index (χ4n) is 5.49. The Morgan fingerprint density at radius 2 is 1.83 bits per heavy atom. The van der Waals surface area contributed by atoms with Gasteiger partial charge in [0.15, 0.2) is 0 Å².